The minimum Gasteiger partial charge on any atom is -0.497 e. The summed E-state index contributed by atoms with van der Waals surface area (Å²) in [5, 5.41) is 12.9. The van der Waals surface area contributed by atoms with Gasteiger partial charge in [0.25, 0.3) is 0 Å². The van der Waals surface area contributed by atoms with Gasteiger partial charge in [-0.1, -0.05) is 5.16 Å². The van der Waals surface area contributed by atoms with Gasteiger partial charge in [-0.15, -0.1) is 0 Å². The second-order valence-electron chi connectivity index (χ2n) is 6.52. The minimum absolute atomic E-state index is 0.437. The van der Waals surface area contributed by atoms with Crippen molar-refractivity contribution >= 4 is 5.69 Å². The summed E-state index contributed by atoms with van der Waals surface area (Å²) in [6.45, 7) is 4.17. The van der Waals surface area contributed by atoms with Gasteiger partial charge in [-0.25, -0.2) is 4.98 Å². The van der Waals surface area contributed by atoms with Crippen LogP contribution in [0.3, 0.4) is 0 Å². The van der Waals surface area contributed by atoms with E-state index in [1.807, 2.05) is 36.4 Å². The molecule has 0 amide bonds. The molecule has 0 N–H and O–H groups in total. The number of anilines is 1. The number of hydrogen-bond donors (Lipinski definition) is 0. The van der Waals surface area contributed by atoms with Gasteiger partial charge in [0.2, 0.25) is 11.7 Å². The van der Waals surface area contributed by atoms with Crippen molar-refractivity contribution < 1.29 is 9.26 Å². The molecule has 4 rings (SSSR count). The summed E-state index contributed by atoms with van der Waals surface area (Å²) in [7, 11) is 1.64. The van der Waals surface area contributed by atoms with Gasteiger partial charge >= 0.3 is 0 Å². The first-order chi connectivity index (χ1) is 13.7. The number of benzene rings is 1. The SMILES string of the molecule is COc1ccc(-c2noc(CN3CCN(c4ccc(C#N)nc4)CC3)n2)cc1. The lowest BCUT2D eigenvalue weighted by Crippen LogP contribution is -2.46. The summed E-state index contributed by atoms with van der Waals surface area (Å²) < 4.78 is 10.6. The fraction of sp³-hybridized carbons (Fsp3) is 0.300. The van der Waals surface area contributed by atoms with Gasteiger partial charge in [0.15, 0.2) is 0 Å². The Kier molecular flexibility index (Phi) is 5.17. The van der Waals surface area contributed by atoms with E-state index in [-0.39, 0.29) is 0 Å². The molecule has 0 spiro atoms. The van der Waals surface area contributed by atoms with Gasteiger partial charge in [-0.2, -0.15) is 10.2 Å². The lowest BCUT2D eigenvalue weighted by Gasteiger charge is -2.35. The van der Waals surface area contributed by atoms with E-state index in [1.54, 1.807) is 19.4 Å². The Morgan fingerprint density at radius 1 is 1.11 bits per heavy atom. The van der Waals surface area contributed by atoms with E-state index < -0.39 is 0 Å². The molecule has 8 nitrogen and oxygen atoms in total. The number of nitrogens with zero attached hydrogens (tertiary/aromatic N) is 6. The number of methoxy groups -OCH3 is 1. The van der Waals surface area contributed by atoms with Gasteiger partial charge in [0.05, 0.1) is 25.5 Å². The second kappa shape index (κ2) is 8.06. The summed E-state index contributed by atoms with van der Waals surface area (Å²) in [6, 6.07) is 13.3. The van der Waals surface area contributed by atoms with Crippen LogP contribution < -0.4 is 9.64 Å². The van der Waals surface area contributed by atoms with Crippen molar-refractivity contribution in [3.63, 3.8) is 0 Å². The molecule has 1 aromatic carbocycles. The fourth-order valence-electron chi connectivity index (χ4n) is 3.17. The molecule has 1 aliphatic rings. The van der Waals surface area contributed by atoms with E-state index >= 15 is 0 Å². The summed E-state index contributed by atoms with van der Waals surface area (Å²) >= 11 is 0. The molecular weight excluding hydrogens is 356 g/mol. The first-order valence-electron chi connectivity index (χ1n) is 9.05. The number of rotatable bonds is 5. The summed E-state index contributed by atoms with van der Waals surface area (Å²) in [5.74, 6) is 1.99. The maximum Gasteiger partial charge on any atom is 0.241 e. The zero-order valence-corrected chi connectivity index (χ0v) is 15.6. The Bertz CT molecular complexity index is 954. The van der Waals surface area contributed by atoms with Gasteiger partial charge in [-0.3, -0.25) is 4.90 Å². The topological polar surface area (TPSA) is 91.3 Å². The Balaban J connectivity index is 1.33. The van der Waals surface area contributed by atoms with E-state index in [0.717, 1.165) is 43.2 Å². The highest BCUT2D eigenvalue weighted by atomic mass is 16.5. The maximum absolute atomic E-state index is 8.85. The molecule has 2 aromatic heterocycles. The molecule has 0 bridgehead atoms. The predicted octanol–water partition coefficient (Wildman–Crippen LogP) is 2.33. The number of nitriles is 1. The number of aromatic nitrogens is 3. The van der Waals surface area contributed by atoms with Gasteiger partial charge in [-0.05, 0) is 36.4 Å². The Morgan fingerprint density at radius 2 is 1.89 bits per heavy atom. The average molecular weight is 376 g/mol. The van der Waals surface area contributed by atoms with Crippen molar-refractivity contribution in [3.8, 4) is 23.2 Å². The first kappa shape index (κ1) is 17.9. The third-order valence-corrected chi connectivity index (χ3v) is 4.78. The number of hydrogen-bond acceptors (Lipinski definition) is 8. The van der Waals surface area contributed by atoms with Crippen LogP contribution >= 0.6 is 0 Å². The molecule has 1 fully saturated rings. The molecule has 3 aromatic rings. The molecule has 28 heavy (non-hydrogen) atoms. The lowest BCUT2D eigenvalue weighted by atomic mass is 10.2. The molecule has 0 saturated carbocycles. The number of pyridine rings is 1. The zero-order valence-electron chi connectivity index (χ0n) is 15.6. The minimum atomic E-state index is 0.437. The molecular formula is C20H20N6O2. The standard InChI is InChI=1S/C20H20N6O2/c1-27-18-6-2-15(3-7-18)20-23-19(28-24-20)14-25-8-10-26(11-9-25)17-5-4-16(12-21)22-13-17/h2-7,13H,8-11,14H2,1H3. The van der Waals surface area contributed by atoms with E-state index in [9.17, 15) is 0 Å². The largest absolute Gasteiger partial charge is 0.497 e. The van der Waals surface area contributed by atoms with Crippen molar-refractivity contribution in [2.24, 2.45) is 0 Å². The van der Waals surface area contributed by atoms with Crippen LogP contribution in [-0.4, -0.2) is 53.3 Å². The molecule has 0 atom stereocenters. The second-order valence-corrected chi connectivity index (χ2v) is 6.52. The highest BCUT2D eigenvalue weighted by Gasteiger charge is 2.20. The predicted molar refractivity (Wildman–Crippen MR) is 103 cm³/mol. The Morgan fingerprint density at radius 3 is 2.54 bits per heavy atom. The molecule has 3 heterocycles. The molecule has 142 valence electrons. The van der Waals surface area contributed by atoms with Crippen molar-refractivity contribution in [2.75, 3.05) is 38.2 Å². The third kappa shape index (κ3) is 3.94. The summed E-state index contributed by atoms with van der Waals surface area (Å²) in [6.07, 6.45) is 1.76. The zero-order chi connectivity index (χ0) is 19.3. The molecule has 0 aliphatic carbocycles. The smallest absolute Gasteiger partial charge is 0.241 e. The van der Waals surface area contributed by atoms with Crippen LogP contribution in [0.5, 0.6) is 5.75 Å². The normalized spacial score (nSPS) is 14.6. The number of piperazine rings is 1. The van der Waals surface area contributed by atoms with E-state index in [0.29, 0.717) is 24.0 Å². The molecule has 8 heteroatoms. The highest BCUT2D eigenvalue weighted by molar-refractivity contribution is 5.55. The maximum atomic E-state index is 8.85. The highest BCUT2D eigenvalue weighted by Crippen LogP contribution is 2.21. The van der Waals surface area contributed by atoms with Crippen molar-refractivity contribution in [2.45, 2.75) is 6.54 Å². The van der Waals surface area contributed by atoms with Crippen LogP contribution in [0.2, 0.25) is 0 Å². The number of ether oxygens (including phenoxy) is 1. The van der Waals surface area contributed by atoms with Crippen LogP contribution in [0.15, 0.2) is 47.1 Å². The van der Waals surface area contributed by atoms with Gasteiger partial charge in [0, 0.05) is 31.7 Å². The third-order valence-electron chi connectivity index (χ3n) is 4.78. The monoisotopic (exact) mass is 376 g/mol. The first-order valence-corrected chi connectivity index (χ1v) is 9.05. The van der Waals surface area contributed by atoms with Crippen molar-refractivity contribution in [1.82, 2.24) is 20.0 Å². The molecule has 1 aliphatic heterocycles. The molecule has 0 radical (unpaired) electrons. The van der Waals surface area contributed by atoms with Gasteiger partial charge in [0.1, 0.15) is 17.5 Å². The van der Waals surface area contributed by atoms with Crippen LogP contribution in [0.1, 0.15) is 11.6 Å². The average Bonchev–Trinajstić information content (AvgIpc) is 3.23. The van der Waals surface area contributed by atoms with Crippen LogP contribution in [0, 0.1) is 11.3 Å². The quantitative estimate of drug-likeness (QED) is 0.670. The van der Waals surface area contributed by atoms with E-state index in [2.05, 4.69) is 24.9 Å². The van der Waals surface area contributed by atoms with E-state index in [4.69, 9.17) is 14.5 Å². The van der Waals surface area contributed by atoms with Crippen molar-refractivity contribution in [3.05, 3.63) is 54.2 Å². The molecule has 0 unspecified atom stereocenters. The lowest BCUT2D eigenvalue weighted by molar-refractivity contribution is 0.215. The Hall–Kier alpha value is -3.44. The van der Waals surface area contributed by atoms with Crippen LogP contribution in [0.25, 0.3) is 11.4 Å². The Labute approximate surface area is 163 Å². The summed E-state index contributed by atoms with van der Waals surface area (Å²) in [5.41, 5.74) is 2.37. The van der Waals surface area contributed by atoms with Crippen LogP contribution in [0.4, 0.5) is 5.69 Å². The van der Waals surface area contributed by atoms with E-state index in [1.165, 1.54) is 0 Å². The van der Waals surface area contributed by atoms with Crippen molar-refractivity contribution in [1.29, 1.82) is 5.26 Å². The van der Waals surface area contributed by atoms with Crippen LogP contribution in [-0.2, 0) is 6.54 Å². The van der Waals surface area contributed by atoms with Gasteiger partial charge < -0.3 is 14.2 Å². The molecule has 1 saturated heterocycles. The fourth-order valence-corrected chi connectivity index (χ4v) is 3.17. The summed E-state index contributed by atoms with van der Waals surface area (Å²) in [4.78, 5) is 13.2.